The highest BCUT2D eigenvalue weighted by Crippen LogP contribution is 2.27. The number of benzene rings is 1. The Morgan fingerprint density at radius 3 is 2.58 bits per heavy atom. The first-order valence-electron chi connectivity index (χ1n) is 4.88. The first kappa shape index (κ1) is 14.8. The molecule has 0 spiro atoms. The summed E-state index contributed by atoms with van der Waals surface area (Å²) in [6.45, 7) is -0.567. The first-order valence-corrected chi connectivity index (χ1v) is 4.88. The van der Waals surface area contributed by atoms with Crippen LogP contribution in [0, 0.1) is 21.7 Å². The number of halogens is 2. The van der Waals surface area contributed by atoms with Crippen LogP contribution in [-0.2, 0) is 0 Å². The van der Waals surface area contributed by atoms with Gasteiger partial charge in [-0.1, -0.05) is 5.11 Å². The van der Waals surface area contributed by atoms with Crippen LogP contribution in [0.5, 0.6) is 0 Å². The van der Waals surface area contributed by atoms with Crippen LogP contribution < -0.4 is 0 Å². The van der Waals surface area contributed by atoms with Crippen molar-refractivity contribution >= 4 is 5.69 Å². The summed E-state index contributed by atoms with van der Waals surface area (Å²) in [5, 5.41) is 32.4. The summed E-state index contributed by atoms with van der Waals surface area (Å²) in [4.78, 5) is 11.7. The van der Waals surface area contributed by atoms with Gasteiger partial charge in [0.05, 0.1) is 17.6 Å². The molecule has 1 aromatic carbocycles. The maximum absolute atomic E-state index is 13.4. The van der Waals surface area contributed by atoms with Crippen LogP contribution in [0.3, 0.4) is 0 Å². The Bertz CT molecular complexity index is 547. The van der Waals surface area contributed by atoms with Crippen LogP contribution in [-0.4, -0.2) is 27.8 Å². The van der Waals surface area contributed by atoms with Crippen molar-refractivity contribution in [2.75, 3.05) is 6.54 Å². The molecule has 2 N–H and O–H groups in total. The highest BCUT2D eigenvalue weighted by molar-refractivity contribution is 5.38. The van der Waals surface area contributed by atoms with Crippen molar-refractivity contribution in [2.45, 2.75) is 12.2 Å². The second-order valence-electron chi connectivity index (χ2n) is 3.51. The Labute approximate surface area is 104 Å². The van der Waals surface area contributed by atoms with E-state index >= 15 is 0 Å². The standard InChI is InChI=1S/C9H8F2N4O4/c10-5-2-6(11)7(15(18)19)1-4(5)9(17)8(16)3-13-14-12/h1-2,8-9,16-17H,3H2. The van der Waals surface area contributed by atoms with Gasteiger partial charge in [0.2, 0.25) is 5.82 Å². The molecule has 0 amide bonds. The van der Waals surface area contributed by atoms with Gasteiger partial charge in [-0.15, -0.1) is 0 Å². The molecule has 0 fully saturated rings. The second kappa shape index (κ2) is 6.05. The number of nitro groups is 1. The topological polar surface area (TPSA) is 132 Å². The van der Waals surface area contributed by atoms with Crippen molar-refractivity contribution in [2.24, 2.45) is 5.11 Å². The van der Waals surface area contributed by atoms with Gasteiger partial charge in [0.1, 0.15) is 11.9 Å². The average molecular weight is 274 g/mol. The molecule has 10 heteroatoms. The Kier molecular flexibility index (Phi) is 4.70. The minimum absolute atomic E-state index is 0.233. The molecule has 0 aliphatic heterocycles. The predicted octanol–water partition coefficient (Wildman–Crippen LogP) is 1.58. The van der Waals surface area contributed by atoms with Crippen molar-refractivity contribution < 1.29 is 23.9 Å². The summed E-state index contributed by atoms with van der Waals surface area (Å²) >= 11 is 0. The Morgan fingerprint density at radius 1 is 1.42 bits per heavy atom. The van der Waals surface area contributed by atoms with E-state index in [-0.39, 0.29) is 6.07 Å². The van der Waals surface area contributed by atoms with E-state index in [1.165, 1.54) is 0 Å². The summed E-state index contributed by atoms with van der Waals surface area (Å²) in [6.07, 6.45) is -3.56. The van der Waals surface area contributed by atoms with Crippen LogP contribution in [0.2, 0.25) is 0 Å². The third-order valence-corrected chi connectivity index (χ3v) is 2.28. The smallest absolute Gasteiger partial charge is 0.305 e. The molecule has 1 aromatic rings. The molecule has 0 aliphatic carbocycles. The van der Waals surface area contributed by atoms with Gasteiger partial charge >= 0.3 is 5.69 Å². The lowest BCUT2D eigenvalue weighted by Crippen LogP contribution is -2.22. The average Bonchev–Trinajstić information content (AvgIpc) is 2.34. The zero-order valence-electron chi connectivity index (χ0n) is 9.27. The lowest BCUT2D eigenvalue weighted by molar-refractivity contribution is -0.387. The van der Waals surface area contributed by atoms with E-state index in [2.05, 4.69) is 10.0 Å². The van der Waals surface area contributed by atoms with Crippen molar-refractivity contribution in [3.05, 3.63) is 49.9 Å². The Balaban J connectivity index is 3.15. The Hall–Kier alpha value is -2.29. The molecule has 2 atom stereocenters. The largest absolute Gasteiger partial charge is 0.390 e. The molecule has 0 saturated heterocycles. The van der Waals surface area contributed by atoms with Gasteiger partial charge in [0.15, 0.2) is 0 Å². The minimum Gasteiger partial charge on any atom is -0.390 e. The molecule has 102 valence electrons. The lowest BCUT2D eigenvalue weighted by atomic mass is 10.0. The van der Waals surface area contributed by atoms with Crippen LogP contribution in [0.15, 0.2) is 17.2 Å². The number of aliphatic hydroxyl groups excluding tert-OH is 2. The van der Waals surface area contributed by atoms with E-state index in [1.54, 1.807) is 0 Å². The third-order valence-electron chi connectivity index (χ3n) is 2.28. The number of rotatable bonds is 5. The van der Waals surface area contributed by atoms with Crippen LogP contribution in [0.25, 0.3) is 10.4 Å². The number of nitro benzene ring substituents is 1. The number of nitrogens with zero attached hydrogens (tertiary/aromatic N) is 4. The molecular weight excluding hydrogens is 266 g/mol. The molecule has 0 heterocycles. The second-order valence-corrected chi connectivity index (χ2v) is 3.51. The lowest BCUT2D eigenvalue weighted by Gasteiger charge is -2.16. The van der Waals surface area contributed by atoms with E-state index in [0.717, 1.165) is 0 Å². The van der Waals surface area contributed by atoms with Crippen LogP contribution >= 0.6 is 0 Å². The molecule has 2 unspecified atom stereocenters. The molecule has 0 radical (unpaired) electrons. The van der Waals surface area contributed by atoms with Crippen molar-refractivity contribution in [1.82, 2.24) is 0 Å². The van der Waals surface area contributed by atoms with Crippen molar-refractivity contribution in [3.63, 3.8) is 0 Å². The van der Waals surface area contributed by atoms with Gasteiger partial charge in [0, 0.05) is 22.6 Å². The highest BCUT2D eigenvalue weighted by Gasteiger charge is 2.26. The van der Waals surface area contributed by atoms with Gasteiger partial charge in [-0.2, -0.15) is 4.39 Å². The van der Waals surface area contributed by atoms with E-state index in [0.29, 0.717) is 6.07 Å². The minimum atomic E-state index is -1.88. The van der Waals surface area contributed by atoms with Gasteiger partial charge in [-0.25, -0.2) is 4.39 Å². The highest BCUT2D eigenvalue weighted by atomic mass is 19.1. The first-order chi connectivity index (χ1) is 8.88. The Morgan fingerprint density at radius 2 is 2.05 bits per heavy atom. The number of azide groups is 1. The summed E-state index contributed by atoms with van der Waals surface area (Å²) in [7, 11) is 0. The predicted molar refractivity (Wildman–Crippen MR) is 58.0 cm³/mol. The molecule has 0 saturated carbocycles. The number of aliphatic hydroxyl groups is 2. The number of hydrogen-bond acceptors (Lipinski definition) is 5. The van der Waals surface area contributed by atoms with Crippen LogP contribution in [0.4, 0.5) is 14.5 Å². The van der Waals surface area contributed by atoms with Gasteiger partial charge in [0.25, 0.3) is 0 Å². The monoisotopic (exact) mass is 274 g/mol. The van der Waals surface area contributed by atoms with Crippen LogP contribution in [0.1, 0.15) is 11.7 Å². The zero-order valence-corrected chi connectivity index (χ0v) is 9.27. The quantitative estimate of drug-likeness (QED) is 0.277. The molecule has 0 bridgehead atoms. The van der Waals surface area contributed by atoms with Gasteiger partial charge < -0.3 is 10.2 Å². The van der Waals surface area contributed by atoms with E-state index in [9.17, 15) is 29.1 Å². The maximum atomic E-state index is 13.4. The molecule has 0 aliphatic rings. The fourth-order valence-corrected chi connectivity index (χ4v) is 1.35. The third kappa shape index (κ3) is 3.35. The van der Waals surface area contributed by atoms with E-state index in [1.807, 2.05) is 0 Å². The SMILES string of the molecule is [N-]=[N+]=NCC(O)C(O)c1cc([N+](=O)[O-])c(F)cc1F. The fraction of sp³-hybridized carbons (Fsp3) is 0.333. The van der Waals surface area contributed by atoms with E-state index in [4.69, 9.17) is 5.53 Å². The summed E-state index contributed by atoms with van der Waals surface area (Å²) in [6, 6.07) is 0.714. The fourth-order valence-electron chi connectivity index (χ4n) is 1.35. The molecule has 1 rings (SSSR count). The van der Waals surface area contributed by atoms with Gasteiger partial charge in [-0.3, -0.25) is 10.1 Å². The van der Waals surface area contributed by atoms with Crippen molar-refractivity contribution in [3.8, 4) is 0 Å². The molecule has 0 aromatic heterocycles. The summed E-state index contributed by atoms with van der Waals surface area (Å²) in [5.41, 5.74) is 6.33. The molecule has 8 nitrogen and oxygen atoms in total. The zero-order chi connectivity index (χ0) is 14.6. The van der Waals surface area contributed by atoms with Crippen molar-refractivity contribution in [1.29, 1.82) is 0 Å². The number of hydrogen-bond donors (Lipinski definition) is 2. The normalized spacial score (nSPS) is 13.5. The van der Waals surface area contributed by atoms with Gasteiger partial charge in [-0.05, 0) is 5.53 Å². The molecular formula is C9H8F2N4O4. The molecule has 19 heavy (non-hydrogen) atoms. The van der Waals surface area contributed by atoms with E-state index < -0.39 is 46.6 Å². The summed E-state index contributed by atoms with van der Waals surface area (Å²) in [5.74, 6) is -2.65. The summed E-state index contributed by atoms with van der Waals surface area (Å²) < 4.78 is 26.4. The maximum Gasteiger partial charge on any atom is 0.305 e.